The van der Waals surface area contributed by atoms with Crippen molar-refractivity contribution in [1.29, 1.82) is 0 Å². The number of piperidine rings is 1. The van der Waals surface area contributed by atoms with E-state index < -0.39 is 4.92 Å². The minimum Gasteiger partial charge on any atom is -0.469 e. The maximum Gasteiger partial charge on any atom is 0.308 e. The number of halogens is 1. The van der Waals surface area contributed by atoms with Crippen LogP contribution in [0.5, 0.6) is 0 Å². The Morgan fingerprint density at radius 3 is 2.65 bits per heavy atom. The lowest BCUT2D eigenvalue weighted by molar-refractivity contribution is -0.384. The van der Waals surface area contributed by atoms with Crippen molar-refractivity contribution < 1.29 is 14.5 Å². The third-order valence-electron chi connectivity index (χ3n) is 3.50. The van der Waals surface area contributed by atoms with E-state index in [1.807, 2.05) is 4.90 Å². The van der Waals surface area contributed by atoms with Crippen molar-refractivity contribution in [2.45, 2.75) is 12.8 Å². The first-order chi connectivity index (χ1) is 9.52. The van der Waals surface area contributed by atoms with Crippen LogP contribution in [0.2, 0.25) is 5.02 Å². The number of ether oxygens (including phenoxy) is 1. The average molecular weight is 299 g/mol. The molecule has 0 saturated carbocycles. The lowest BCUT2D eigenvalue weighted by Gasteiger charge is -2.32. The minimum absolute atomic E-state index is 0.0333. The van der Waals surface area contributed by atoms with Crippen LogP contribution in [0, 0.1) is 16.0 Å². The Balaban J connectivity index is 2.16. The molecular formula is C13H15ClN2O4. The van der Waals surface area contributed by atoms with Gasteiger partial charge in [0.1, 0.15) is 5.69 Å². The number of methoxy groups -OCH3 is 1. The van der Waals surface area contributed by atoms with Crippen LogP contribution in [0.4, 0.5) is 11.4 Å². The van der Waals surface area contributed by atoms with Gasteiger partial charge in [-0.15, -0.1) is 0 Å². The minimum atomic E-state index is -0.419. The van der Waals surface area contributed by atoms with Gasteiger partial charge in [0.2, 0.25) is 0 Å². The van der Waals surface area contributed by atoms with Gasteiger partial charge < -0.3 is 9.64 Å². The first kappa shape index (κ1) is 14.6. The molecule has 2 rings (SSSR count). The highest BCUT2D eigenvalue weighted by Crippen LogP contribution is 2.33. The molecule has 7 heteroatoms. The molecule has 1 aromatic carbocycles. The van der Waals surface area contributed by atoms with Crippen molar-refractivity contribution in [3.63, 3.8) is 0 Å². The Kier molecular flexibility index (Phi) is 4.44. The lowest BCUT2D eigenvalue weighted by Crippen LogP contribution is -2.37. The van der Waals surface area contributed by atoms with Crippen molar-refractivity contribution >= 4 is 28.9 Å². The summed E-state index contributed by atoms with van der Waals surface area (Å²) in [4.78, 5) is 24.0. The molecular weight excluding hydrogens is 284 g/mol. The summed E-state index contributed by atoms with van der Waals surface area (Å²) in [5, 5.41) is 11.5. The predicted molar refractivity (Wildman–Crippen MR) is 75.1 cm³/mol. The molecule has 0 spiro atoms. The number of carbonyl (C=O) groups is 1. The van der Waals surface area contributed by atoms with E-state index in [2.05, 4.69) is 0 Å². The van der Waals surface area contributed by atoms with E-state index in [-0.39, 0.29) is 17.6 Å². The Morgan fingerprint density at radius 2 is 2.10 bits per heavy atom. The highest BCUT2D eigenvalue weighted by Gasteiger charge is 2.28. The fraction of sp³-hybridized carbons (Fsp3) is 0.462. The second-order valence-electron chi connectivity index (χ2n) is 4.67. The first-order valence-electron chi connectivity index (χ1n) is 6.29. The standard InChI is InChI=1S/C13H15ClN2O4/c1-20-13(17)9-4-6-15(7-5-9)12-8-10(14)2-3-11(12)16(18)19/h2-3,8-9H,4-7H2,1H3. The van der Waals surface area contributed by atoms with Crippen molar-refractivity contribution in [1.82, 2.24) is 0 Å². The Labute approximate surface area is 121 Å². The molecule has 1 heterocycles. The maximum absolute atomic E-state index is 11.5. The molecule has 0 radical (unpaired) electrons. The molecule has 1 aromatic rings. The summed E-state index contributed by atoms with van der Waals surface area (Å²) in [6.45, 7) is 1.14. The van der Waals surface area contributed by atoms with Crippen molar-refractivity contribution in [3.05, 3.63) is 33.3 Å². The topological polar surface area (TPSA) is 72.7 Å². The van der Waals surface area contributed by atoms with Crippen molar-refractivity contribution in [3.8, 4) is 0 Å². The highest BCUT2D eigenvalue weighted by molar-refractivity contribution is 6.31. The molecule has 1 aliphatic heterocycles. The Bertz CT molecular complexity index is 527. The van der Waals surface area contributed by atoms with Crippen molar-refractivity contribution in [2.75, 3.05) is 25.1 Å². The number of nitro groups is 1. The second kappa shape index (κ2) is 6.09. The molecule has 0 aromatic heterocycles. The Hall–Kier alpha value is -1.82. The van der Waals surface area contributed by atoms with Gasteiger partial charge in [-0.25, -0.2) is 0 Å². The van der Waals surface area contributed by atoms with Crippen LogP contribution in [-0.4, -0.2) is 31.1 Å². The molecule has 0 N–H and O–H groups in total. The fourth-order valence-corrected chi connectivity index (χ4v) is 2.59. The van der Waals surface area contributed by atoms with Crippen LogP contribution in [0.15, 0.2) is 18.2 Å². The number of hydrogen-bond acceptors (Lipinski definition) is 5. The number of rotatable bonds is 3. The third-order valence-corrected chi connectivity index (χ3v) is 3.74. The summed E-state index contributed by atoms with van der Waals surface area (Å²) >= 11 is 5.92. The zero-order chi connectivity index (χ0) is 14.7. The Morgan fingerprint density at radius 1 is 1.45 bits per heavy atom. The van der Waals surface area contributed by atoms with E-state index in [1.165, 1.54) is 19.2 Å². The van der Waals surface area contributed by atoms with Crippen LogP contribution < -0.4 is 4.90 Å². The number of benzene rings is 1. The van der Waals surface area contributed by atoms with E-state index in [0.717, 1.165) is 0 Å². The van der Waals surface area contributed by atoms with Crippen LogP contribution >= 0.6 is 11.6 Å². The van der Waals surface area contributed by atoms with E-state index in [0.29, 0.717) is 36.6 Å². The third kappa shape index (κ3) is 3.01. The van der Waals surface area contributed by atoms with Gasteiger partial charge in [0.15, 0.2) is 0 Å². The molecule has 1 saturated heterocycles. The molecule has 0 bridgehead atoms. The van der Waals surface area contributed by atoms with E-state index >= 15 is 0 Å². The molecule has 108 valence electrons. The van der Waals surface area contributed by atoms with Gasteiger partial charge in [-0.05, 0) is 25.0 Å². The van der Waals surface area contributed by atoms with Crippen LogP contribution in [0.25, 0.3) is 0 Å². The lowest BCUT2D eigenvalue weighted by atomic mass is 9.96. The number of nitrogens with zero attached hydrogens (tertiary/aromatic N) is 2. The predicted octanol–water partition coefficient (Wildman–Crippen LogP) is 2.64. The van der Waals surface area contributed by atoms with Crippen LogP contribution in [0.3, 0.4) is 0 Å². The normalized spacial score (nSPS) is 16.0. The van der Waals surface area contributed by atoms with E-state index in [4.69, 9.17) is 16.3 Å². The van der Waals surface area contributed by atoms with Crippen LogP contribution in [0.1, 0.15) is 12.8 Å². The highest BCUT2D eigenvalue weighted by atomic mass is 35.5. The zero-order valence-corrected chi connectivity index (χ0v) is 11.8. The van der Waals surface area contributed by atoms with Gasteiger partial charge in [0, 0.05) is 24.2 Å². The van der Waals surface area contributed by atoms with Gasteiger partial charge in [-0.2, -0.15) is 0 Å². The molecule has 6 nitrogen and oxygen atoms in total. The molecule has 1 aliphatic rings. The summed E-state index contributed by atoms with van der Waals surface area (Å²) in [6, 6.07) is 4.51. The van der Waals surface area contributed by atoms with E-state index in [1.54, 1.807) is 6.07 Å². The van der Waals surface area contributed by atoms with Crippen molar-refractivity contribution in [2.24, 2.45) is 5.92 Å². The van der Waals surface area contributed by atoms with Gasteiger partial charge in [-0.1, -0.05) is 11.6 Å². The molecule has 20 heavy (non-hydrogen) atoms. The average Bonchev–Trinajstić information content (AvgIpc) is 2.46. The second-order valence-corrected chi connectivity index (χ2v) is 5.11. The monoisotopic (exact) mass is 298 g/mol. The first-order valence-corrected chi connectivity index (χ1v) is 6.67. The molecule has 0 atom stereocenters. The number of hydrogen-bond donors (Lipinski definition) is 0. The van der Waals surface area contributed by atoms with Gasteiger partial charge in [0.25, 0.3) is 5.69 Å². The quantitative estimate of drug-likeness (QED) is 0.487. The maximum atomic E-state index is 11.5. The number of nitro benzene ring substituents is 1. The number of anilines is 1. The van der Waals surface area contributed by atoms with Gasteiger partial charge in [-0.3, -0.25) is 14.9 Å². The van der Waals surface area contributed by atoms with Gasteiger partial charge in [0.05, 0.1) is 18.0 Å². The summed E-state index contributed by atoms with van der Waals surface area (Å²) in [5.74, 6) is -0.347. The smallest absolute Gasteiger partial charge is 0.308 e. The largest absolute Gasteiger partial charge is 0.469 e. The van der Waals surface area contributed by atoms with Crippen LogP contribution in [-0.2, 0) is 9.53 Å². The molecule has 0 amide bonds. The molecule has 0 unspecified atom stereocenters. The summed E-state index contributed by atoms with van der Waals surface area (Å²) in [7, 11) is 1.37. The van der Waals surface area contributed by atoms with Gasteiger partial charge >= 0.3 is 5.97 Å². The summed E-state index contributed by atoms with van der Waals surface area (Å²) < 4.78 is 4.72. The molecule has 0 aliphatic carbocycles. The zero-order valence-electron chi connectivity index (χ0n) is 11.0. The summed E-state index contributed by atoms with van der Waals surface area (Å²) in [6.07, 6.45) is 1.24. The number of esters is 1. The fourth-order valence-electron chi connectivity index (χ4n) is 2.43. The SMILES string of the molecule is COC(=O)C1CCN(c2cc(Cl)ccc2[N+](=O)[O-])CC1. The molecule has 1 fully saturated rings. The summed E-state index contributed by atoms with van der Waals surface area (Å²) in [5.41, 5.74) is 0.539. The van der Waals surface area contributed by atoms with E-state index in [9.17, 15) is 14.9 Å². The number of carbonyl (C=O) groups excluding carboxylic acids is 1.